The molecule has 1 saturated carbocycles. The maximum Gasteiger partial charge on any atom is 0.231 e. The summed E-state index contributed by atoms with van der Waals surface area (Å²) in [7, 11) is 0. The van der Waals surface area contributed by atoms with E-state index in [0.29, 0.717) is 42.8 Å². The quantitative estimate of drug-likeness (QED) is 0.657. The number of carbonyl (C=O) groups excluding carboxylic acids is 2. The molecular weight excluding hydrogens is 452 g/mol. The highest BCUT2D eigenvalue weighted by Crippen LogP contribution is 2.41. The summed E-state index contributed by atoms with van der Waals surface area (Å²) < 4.78 is 0. The first-order valence-corrected chi connectivity index (χ1v) is 12.4. The lowest BCUT2D eigenvalue weighted by molar-refractivity contribution is -0.133. The number of nitrogens with one attached hydrogen (secondary N) is 2. The molecule has 3 heterocycles. The number of benzene rings is 1. The van der Waals surface area contributed by atoms with E-state index in [4.69, 9.17) is 11.6 Å². The Bertz CT molecular complexity index is 1090. The average molecular weight is 483 g/mol. The normalized spacial score (nSPS) is 24.4. The molecule has 0 spiro atoms. The van der Waals surface area contributed by atoms with Gasteiger partial charge in [-0.15, -0.1) is 0 Å². The zero-order valence-corrected chi connectivity index (χ0v) is 20.5. The van der Waals surface area contributed by atoms with E-state index in [1.807, 2.05) is 42.3 Å². The van der Waals surface area contributed by atoms with Gasteiger partial charge in [0.25, 0.3) is 0 Å². The summed E-state index contributed by atoms with van der Waals surface area (Å²) in [5.41, 5.74) is 1.96. The zero-order valence-electron chi connectivity index (χ0n) is 19.8. The SMILES string of the molecule is CC(C)NC[C@@H](C(=O)N1CCN(c2ncc3c(n2)NC(=O)C[C@H]3C)[C@H]2C[C@H]21)c1ccc(Cl)cc1. The standard InChI is InChI=1S/C25H31ClN6O2/c1-14(2)27-13-19(16-4-6-17(26)7-5-16)24(34)31-8-9-32(21-11-20(21)31)25-28-12-18-15(3)10-22(33)29-23(18)30-25/h4-7,12,14-15,19-21,27H,8-11,13H2,1-3H3,(H,28,29,30,33)/t15-,19-,20-,21+/m1/s1. The lowest BCUT2D eigenvalue weighted by Crippen LogP contribution is -2.51. The molecule has 4 atom stereocenters. The van der Waals surface area contributed by atoms with Gasteiger partial charge in [-0.05, 0) is 30.0 Å². The second kappa shape index (κ2) is 9.15. The van der Waals surface area contributed by atoms with Gasteiger partial charge < -0.3 is 20.4 Å². The molecule has 0 bridgehead atoms. The topological polar surface area (TPSA) is 90.5 Å². The van der Waals surface area contributed by atoms with Gasteiger partial charge in [-0.2, -0.15) is 4.98 Å². The van der Waals surface area contributed by atoms with Gasteiger partial charge in [-0.3, -0.25) is 9.59 Å². The van der Waals surface area contributed by atoms with E-state index in [2.05, 4.69) is 39.3 Å². The molecular formula is C25H31ClN6O2. The molecule has 2 aromatic rings. The maximum atomic E-state index is 13.7. The van der Waals surface area contributed by atoms with Crippen molar-refractivity contribution in [3.63, 3.8) is 0 Å². The Labute approximate surface area is 205 Å². The first-order valence-electron chi connectivity index (χ1n) is 12.0. The third kappa shape index (κ3) is 4.49. The molecule has 34 heavy (non-hydrogen) atoms. The van der Waals surface area contributed by atoms with Gasteiger partial charge in [0.05, 0.1) is 18.0 Å². The summed E-state index contributed by atoms with van der Waals surface area (Å²) in [6, 6.07) is 8.24. The minimum Gasteiger partial charge on any atom is -0.335 e. The molecule has 1 saturated heterocycles. The predicted octanol–water partition coefficient (Wildman–Crippen LogP) is 3.15. The zero-order chi connectivity index (χ0) is 24.0. The summed E-state index contributed by atoms with van der Waals surface area (Å²) in [6.45, 7) is 8.06. The molecule has 2 N–H and O–H groups in total. The van der Waals surface area contributed by atoms with Crippen molar-refractivity contribution in [2.45, 2.75) is 63.6 Å². The fourth-order valence-corrected chi connectivity index (χ4v) is 5.18. The number of piperazine rings is 1. The Hall–Kier alpha value is -2.71. The lowest BCUT2D eigenvalue weighted by Gasteiger charge is -2.36. The Morgan fingerprint density at radius 1 is 1.24 bits per heavy atom. The van der Waals surface area contributed by atoms with Crippen molar-refractivity contribution in [2.24, 2.45) is 0 Å². The molecule has 3 aliphatic rings. The number of carbonyl (C=O) groups is 2. The second-order valence-corrected chi connectivity index (χ2v) is 10.3. The Morgan fingerprint density at radius 2 is 2.00 bits per heavy atom. The van der Waals surface area contributed by atoms with E-state index in [0.717, 1.165) is 17.5 Å². The van der Waals surface area contributed by atoms with Crippen LogP contribution in [-0.2, 0) is 9.59 Å². The van der Waals surface area contributed by atoms with E-state index < -0.39 is 0 Å². The van der Waals surface area contributed by atoms with Crippen LogP contribution in [0.3, 0.4) is 0 Å². The third-order valence-corrected chi connectivity index (χ3v) is 7.28. The first-order chi connectivity index (χ1) is 16.3. The summed E-state index contributed by atoms with van der Waals surface area (Å²) in [5, 5.41) is 6.99. The van der Waals surface area contributed by atoms with Gasteiger partial charge in [0.15, 0.2) is 0 Å². The highest BCUT2D eigenvalue weighted by Gasteiger charge is 2.52. The summed E-state index contributed by atoms with van der Waals surface area (Å²) >= 11 is 6.09. The van der Waals surface area contributed by atoms with Gasteiger partial charge in [-0.1, -0.05) is 44.5 Å². The van der Waals surface area contributed by atoms with Crippen LogP contribution < -0.4 is 15.5 Å². The van der Waals surface area contributed by atoms with Crippen molar-refractivity contribution in [2.75, 3.05) is 29.9 Å². The monoisotopic (exact) mass is 482 g/mol. The Morgan fingerprint density at radius 3 is 2.74 bits per heavy atom. The number of hydrogen-bond acceptors (Lipinski definition) is 6. The van der Waals surface area contributed by atoms with Crippen LogP contribution in [-0.4, -0.2) is 64.4 Å². The van der Waals surface area contributed by atoms with Crippen LogP contribution in [0.5, 0.6) is 0 Å². The van der Waals surface area contributed by atoms with Crippen LogP contribution in [0.25, 0.3) is 0 Å². The fraction of sp³-hybridized carbons (Fsp3) is 0.520. The van der Waals surface area contributed by atoms with E-state index >= 15 is 0 Å². The molecule has 180 valence electrons. The third-order valence-electron chi connectivity index (χ3n) is 7.03. The molecule has 8 nitrogen and oxygen atoms in total. The summed E-state index contributed by atoms with van der Waals surface area (Å²) in [6.07, 6.45) is 3.20. The molecule has 2 amide bonds. The number of nitrogens with zero attached hydrogens (tertiary/aromatic N) is 4. The van der Waals surface area contributed by atoms with Gasteiger partial charge in [0.1, 0.15) is 5.82 Å². The molecule has 0 radical (unpaired) electrons. The number of anilines is 2. The lowest BCUT2D eigenvalue weighted by atomic mass is 9.96. The number of rotatable bonds is 6. The van der Waals surface area contributed by atoms with Crippen molar-refractivity contribution < 1.29 is 9.59 Å². The van der Waals surface area contributed by atoms with E-state index in [-0.39, 0.29) is 41.8 Å². The molecule has 0 unspecified atom stereocenters. The molecule has 2 fully saturated rings. The highest BCUT2D eigenvalue weighted by atomic mass is 35.5. The Balaban J connectivity index is 1.31. The number of halogens is 1. The van der Waals surface area contributed by atoms with Crippen molar-refractivity contribution in [3.8, 4) is 0 Å². The second-order valence-electron chi connectivity index (χ2n) is 9.89. The maximum absolute atomic E-state index is 13.7. The average Bonchev–Trinajstić information content (AvgIpc) is 3.60. The van der Waals surface area contributed by atoms with E-state index in [9.17, 15) is 9.59 Å². The van der Waals surface area contributed by atoms with Gasteiger partial charge in [0, 0.05) is 48.9 Å². The van der Waals surface area contributed by atoms with Gasteiger partial charge in [-0.25, -0.2) is 4.98 Å². The van der Waals surface area contributed by atoms with Crippen molar-refractivity contribution in [1.29, 1.82) is 0 Å². The number of aromatic nitrogens is 2. The van der Waals surface area contributed by atoms with Crippen LogP contribution in [0.15, 0.2) is 30.5 Å². The predicted molar refractivity (Wildman–Crippen MR) is 132 cm³/mol. The summed E-state index contributed by atoms with van der Waals surface area (Å²) in [4.78, 5) is 39.2. The summed E-state index contributed by atoms with van der Waals surface area (Å²) in [5.74, 6) is 1.24. The molecule has 1 aromatic carbocycles. The minimum atomic E-state index is -0.260. The number of amides is 2. The molecule has 2 aliphatic heterocycles. The van der Waals surface area contributed by atoms with Gasteiger partial charge in [0.2, 0.25) is 17.8 Å². The highest BCUT2D eigenvalue weighted by molar-refractivity contribution is 6.30. The molecule has 1 aliphatic carbocycles. The largest absolute Gasteiger partial charge is 0.335 e. The van der Waals surface area contributed by atoms with Crippen LogP contribution >= 0.6 is 11.6 Å². The van der Waals surface area contributed by atoms with Crippen LogP contribution in [0, 0.1) is 0 Å². The van der Waals surface area contributed by atoms with E-state index in [1.165, 1.54) is 0 Å². The van der Waals surface area contributed by atoms with Crippen LogP contribution in [0.2, 0.25) is 5.02 Å². The molecule has 5 rings (SSSR count). The number of hydrogen-bond donors (Lipinski definition) is 2. The van der Waals surface area contributed by atoms with Crippen LogP contribution in [0.4, 0.5) is 11.8 Å². The molecule has 1 aromatic heterocycles. The Kier molecular flexibility index (Phi) is 6.20. The van der Waals surface area contributed by atoms with E-state index in [1.54, 1.807) is 0 Å². The smallest absolute Gasteiger partial charge is 0.231 e. The van der Waals surface area contributed by atoms with Crippen molar-refractivity contribution >= 4 is 35.2 Å². The first kappa shape index (κ1) is 23.1. The van der Waals surface area contributed by atoms with Crippen molar-refractivity contribution in [3.05, 3.63) is 46.6 Å². The van der Waals surface area contributed by atoms with Crippen LogP contribution in [0.1, 0.15) is 56.6 Å². The fourth-order valence-electron chi connectivity index (χ4n) is 5.06. The molecule has 9 heteroatoms. The van der Waals surface area contributed by atoms with Gasteiger partial charge >= 0.3 is 0 Å². The number of fused-ring (bicyclic) bond motifs is 2. The minimum absolute atomic E-state index is 0.00684. The van der Waals surface area contributed by atoms with Crippen molar-refractivity contribution in [1.82, 2.24) is 20.2 Å².